The number of aliphatic carboxylic acids is 1. The average molecular weight is 262 g/mol. The summed E-state index contributed by atoms with van der Waals surface area (Å²) < 4.78 is 0. The number of pyridine rings is 1. The van der Waals surface area contributed by atoms with Gasteiger partial charge in [-0.25, -0.2) is 0 Å². The first kappa shape index (κ1) is 13.5. The summed E-state index contributed by atoms with van der Waals surface area (Å²) in [5.74, 6) is -1.40. The fourth-order valence-corrected chi connectivity index (χ4v) is 2.49. The lowest BCUT2D eigenvalue weighted by atomic mass is 10.0. The second-order valence-corrected chi connectivity index (χ2v) is 5.06. The molecule has 5 nitrogen and oxygen atoms in total. The van der Waals surface area contributed by atoms with Crippen LogP contribution in [0.1, 0.15) is 37.8 Å². The molecule has 1 amide bonds. The Morgan fingerprint density at radius 1 is 1.42 bits per heavy atom. The fourth-order valence-electron chi connectivity index (χ4n) is 2.49. The Kier molecular flexibility index (Phi) is 4.14. The van der Waals surface area contributed by atoms with Crippen molar-refractivity contribution in [3.05, 3.63) is 30.1 Å². The van der Waals surface area contributed by atoms with E-state index < -0.39 is 5.97 Å². The van der Waals surface area contributed by atoms with Gasteiger partial charge in [0.05, 0.1) is 12.0 Å². The molecule has 0 radical (unpaired) electrons. The number of amides is 1. The Labute approximate surface area is 112 Å². The van der Waals surface area contributed by atoms with E-state index in [0.717, 1.165) is 5.56 Å². The Bertz CT molecular complexity index is 461. The van der Waals surface area contributed by atoms with Gasteiger partial charge < -0.3 is 10.4 Å². The molecule has 3 atom stereocenters. The molecular formula is C14H18N2O3. The van der Waals surface area contributed by atoms with Crippen LogP contribution in [0.3, 0.4) is 0 Å². The van der Waals surface area contributed by atoms with Gasteiger partial charge in [-0.05, 0) is 37.8 Å². The summed E-state index contributed by atoms with van der Waals surface area (Å²) in [5, 5.41) is 11.9. The third kappa shape index (κ3) is 3.30. The molecule has 5 heteroatoms. The van der Waals surface area contributed by atoms with Crippen molar-refractivity contribution in [2.75, 3.05) is 0 Å². The molecule has 1 saturated carbocycles. The van der Waals surface area contributed by atoms with Crippen LogP contribution in [0.15, 0.2) is 24.5 Å². The van der Waals surface area contributed by atoms with Crippen LogP contribution < -0.4 is 5.32 Å². The van der Waals surface area contributed by atoms with Crippen LogP contribution in [0.25, 0.3) is 0 Å². The third-order valence-corrected chi connectivity index (χ3v) is 3.70. The normalized spacial score (nSPS) is 23.8. The van der Waals surface area contributed by atoms with Gasteiger partial charge in [-0.3, -0.25) is 14.6 Å². The smallest absolute Gasteiger partial charge is 0.306 e. The number of hydrogen-bond donors (Lipinski definition) is 2. The average Bonchev–Trinajstić information content (AvgIpc) is 2.89. The summed E-state index contributed by atoms with van der Waals surface area (Å²) in [4.78, 5) is 27.0. The minimum Gasteiger partial charge on any atom is -0.481 e. The van der Waals surface area contributed by atoms with Gasteiger partial charge in [0.15, 0.2) is 0 Å². The second kappa shape index (κ2) is 5.82. The number of nitrogens with one attached hydrogen (secondary N) is 1. The van der Waals surface area contributed by atoms with Crippen molar-refractivity contribution in [1.82, 2.24) is 10.3 Å². The summed E-state index contributed by atoms with van der Waals surface area (Å²) in [6.07, 6.45) is 5.10. The SMILES string of the molecule is CC(NC(=O)C1CCC(C(=O)O)C1)c1cccnc1. The number of carbonyl (C=O) groups is 2. The van der Waals surface area contributed by atoms with E-state index in [9.17, 15) is 9.59 Å². The number of hydrogen-bond acceptors (Lipinski definition) is 3. The summed E-state index contributed by atoms with van der Waals surface area (Å²) >= 11 is 0. The van der Waals surface area contributed by atoms with Crippen LogP contribution in [-0.2, 0) is 9.59 Å². The monoisotopic (exact) mass is 262 g/mol. The molecule has 3 unspecified atom stereocenters. The van der Waals surface area contributed by atoms with Crippen molar-refractivity contribution in [2.24, 2.45) is 11.8 Å². The van der Waals surface area contributed by atoms with Gasteiger partial charge in [0.1, 0.15) is 0 Å². The molecule has 0 spiro atoms. The van der Waals surface area contributed by atoms with Gasteiger partial charge in [-0.15, -0.1) is 0 Å². The van der Waals surface area contributed by atoms with E-state index in [1.807, 2.05) is 19.1 Å². The molecule has 2 rings (SSSR count). The molecule has 1 aliphatic rings. The van der Waals surface area contributed by atoms with Gasteiger partial charge in [0.2, 0.25) is 5.91 Å². The van der Waals surface area contributed by atoms with Gasteiger partial charge in [-0.2, -0.15) is 0 Å². The Morgan fingerprint density at radius 2 is 2.16 bits per heavy atom. The maximum Gasteiger partial charge on any atom is 0.306 e. The van der Waals surface area contributed by atoms with Crippen molar-refractivity contribution in [3.63, 3.8) is 0 Å². The molecule has 1 aromatic rings. The number of carboxylic acids is 1. The van der Waals surface area contributed by atoms with Crippen LogP contribution in [-0.4, -0.2) is 22.0 Å². The first-order valence-electron chi connectivity index (χ1n) is 6.51. The van der Waals surface area contributed by atoms with Gasteiger partial charge >= 0.3 is 5.97 Å². The lowest BCUT2D eigenvalue weighted by Crippen LogP contribution is -2.32. The summed E-state index contributed by atoms with van der Waals surface area (Å²) in [7, 11) is 0. The number of carbonyl (C=O) groups excluding carboxylic acids is 1. The van der Waals surface area contributed by atoms with E-state index in [0.29, 0.717) is 19.3 Å². The molecule has 1 fully saturated rings. The molecule has 0 saturated heterocycles. The van der Waals surface area contributed by atoms with Crippen LogP contribution in [0.5, 0.6) is 0 Å². The van der Waals surface area contributed by atoms with Crippen LogP contribution in [0.2, 0.25) is 0 Å². The standard InChI is InChI=1S/C14H18N2O3/c1-9(12-3-2-6-15-8-12)16-13(17)10-4-5-11(7-10)14(18)19/h2-3,6,8-11H,4-5,7H2,1H3,(H,16,17)(H,18,19). The number of aromatic nitrogens is 1. The molecule has 0 bridgehead atoms. The Balaban J connectivity index is 1.90. The zero-order valence-corrected chi connectivity index (χ0v) is 10.9. The Hall–Kier alpha value is -1.91. The highest BCUT2D eigenvalue weighted by Crippen LogP contribution is 2.31. The zero-order chi connectivity index (χ0) is 13.8. The molecular weight excluding hydrogens is 244 g/mol. The number of rotatable bonds is 4. The van der Waals surface area contributed by atoms with Crippen molar-refractivity contribution < 1.29 is 14.7 Å². The molecule has 1 aromatic heterocycles. The lowest BCUT2D eigenvalue weighted by molar-refractivity contribution is -0.141. The first-order chi connectivity index (χ1) is 9.08. The summed E-state index contributed by atoms with van der Waals surface area (Å²) in [5.41, 5.74) is 0.948. The van der Waals surface area contributed by atoms with Crippen LogP contribution >= 0.6 is 0 Å². The van der Waals surface area contributed by atoms with E-state index >= 15 is 0 Å². The van der Waals surface area contributed by atoms with Crippen molar-refractivity contribution >= 4 is 11.9 Å². The van der Waals surface area contributed by atoms with E-state index in [-0.39, 0.29) is 23.8 Å². The van der Waals surface area contributed by atoms with Crippen LogP contribution in [0, 0.1) is 11.8 Å². The quantitative estimate of drug-likeness (QED) is 0.866. The minimum absolute atomic E-state index is 0.0555. The van der Waals surface area contributed by atoms with Gasteiger partial charge in [-0.1, -0.05) is 6.07 Å². The predicted octanol–water partition coefficient (Wildman–Crippen LogP) is 1.76. The van der Waals surface area contributed by atoms with Gasteiger partial charge in [0, 0.05) is 18.3 Å². The molecule has 1 heterocycles. The lowest BCUT2D eigenvalue weighted by Gasteiger charge is -2.17. The molecule has 0 aromatic carbocycles. The molecule has 2 N–H and O–H groups in total. The molecule has 0 aliphatic heterocycles. The molecule has 102 valence electrons. The molecule has 19 heavy (non-hydrogen) atoms. The van der Waals surface area contributed by atoms with E-state index in [1.54, 1.807) is 12.4 Å². The largest absolute Gasteiger partial charge is 0.481 e. The van der Waals surface area contributed by atoms with E-state index in [1.165, 1.54) is 0 Å². The summed E-state index contributed by atoms with van der Waals surface area (Å²) in [6.45, 7) is 1.90. The zero-order valence-electron chi connectivity index (χ0n) is 10.9. The minimum atomic E-state index is -0.796. The summed E-state index contributed by atoms with van der Waals surface area (Å²) in [6, 6.07) is 3.63. The van der Waals surface area contributed by atoms with E-state index in [2.05, 4.69) is 10.3 Å². The van der Waals surface area contributed by atoms with E-state index in [4.69, 9.17) is 5.11 Å². The van der Waals surface area contributed by atoms with Crippen molar-refractivity contribution in [1.29, 1.82) is 0 Å². The fraction of sp³-hybridized carbons (Fsp3) is 0.500. The van der Waals surface area contributed by atoms with Crippen LogP contribution in [0.4, 0.5) is 0 Å². The topological polar surface area (TPSA) is 79.3 Å². The highest BCUT2D eigenvalue weighted by Gasteiger charge is 2.34. The van der Waals surface area contributed by atoms with Crippen molar-refractivity contribution in [3.8, 4) is 0 Å². The number of carboxylic acid groups (broad SMARTS) is 1. The van der Waals surface area contributed by atoms with Gasteiger partial charge in [0.25, 0.3) is 0 Å². The Morgan fingerprint density at radius 3 is 2.74 bits per heavy atom. The predicted molar refractivity (Wildman–Crippen MR) is 69.3 cm³/mol. The highest BCUT2D eigenvalue weighted by molar-refractivity contribution is 5.81. The maximum atomic E-state index is 12.1. The highest BCUT2D eigenvalue weighted by atomic mass is 16.4. The maximum absolute atomic E-state index is 12.1. The van der Waals surface area contributed by atoms with Crippen molar-refractivity contribution in [2.45, 2.75) is 32.2 Å². The third-order valence-electron chi connectivity index (χ3n) is 3.70. The second-order valence-electron chi connectivity index (χ2n) is 5.06. The number of nitrogens with zero attached hydrogens (tertiary/aromatic N) is 1. The first-order valence-corrected chi connectivity index (χ1v) is 6.51. The molecule has 1 aliphatic carbocycles.